The lowest BCUT2D eigenvalue weighted by molar-refractivity contribution is -0.502. The molecule has 0 radical (unpaired) electrons. The van der Waals surface area contributed by atoms with Crippen LogP contribution >= 0.6 is 0 Å². The molecule has 1 unspecified atom stereocenters. The van der Waals surface area contributed by atoms with Gasteiger partial charge in [0.1, 0.15) is 0 Å². The zero-order valence-electron chi connectivity index (χ0n) is 9.02. The summed E-state index contributed by atoms with van der Waals surface area (Å²) in [5.41, 5.74) is 0. The maximum atomic E-state index is 12.6. The van der Waals surface area contributed by atoms with Gasteiger partial charge in [0, 0.05) is 0 Å². The van der Waals surface area contributed by atoms with Crippen molar-refractivity contribution in [2.45, 2.75) is 43.3 Å². The average Bonchev–Trinajstić information content (AvgIpc) is 2.12. The highest BCUT2D eigenvalue weighted by atomic mass is 19.4. The van der Waals surface area contributed by atoms with Crippen LogP contribution in [-0.4, -0.2) is 36.4 Å². The normalized spacial score (nSPS) is 17.2. The van der Waals surface area contributed by atoms with Crippen LogP contribution in [0.4, 0.5) is 52.7 Å². The lowest BCUT2D eigenvalue weighted by Gasteiger charge is -2.34. The fraction of sp³-hybridized carbons (Fsp3) is 1.00. The molecule has 0 heterocycles. The standard InChI is InChI=1S/C7H4F12O/c1-2(8)3(9,10)4(11,12)6(16,17)20-7(18,19)5(13,14)15/h2H,1H3. The molecule has 0 aliphatic heterocycles. The van der Waals surface area contributed by atoms with Gasteiger partial charge in [-0.3, -0.25) is 0 Å². The molecule has 1 atom stereocenters. The molecule has 0 aromatic heterocycles. The highest BCUT2D eigenvalue weighted by Gasteiger charge is 2.79. The number of rotatable bonds is 5. The second kappa shape index (κ2) is 4.84. The average molecular weight is 332 g/mol. The predicted molar refractivity (Wildman–Crippen MR) is 37.5 cm³/mol. The van der Waals surface area contributed by atoms with Gasteiger partial charge in [0.15, 0.2) is 6.17 Å². The summed E-state index contributed by atoms with van der Waals surface area (Å²) in [6, 6.07) is 0. The monoisotopic (exact) mass is 332 g/mol. The van der Waals surface area contributed by atoms with Crippen molar-refractivity contribution in [3.63, 3.8) is 0 Å². The molecular formula is C7H4F12O. The van der Waals surface area contributed by atoms with E-state index in [1.807, 2.05) is 0 Å². The lowest BCUT2D eigenvalue weighted by Crippen LogP contribution is -2.61. The first kappa shape index (κ1) is 19.1. The maximum absolute atomic E-state index is 12.6. The Morgan fingerprint density at radius 1 is 0.700 bits per heavy atom. The van der Waals surface area contributed by atoms with Crippen LogP contribution in [-0.2, 0) is 4.74 Å². The summed E-state index contributed by atoms with van der Waals surface area (Å²) in [7, 11) is 0. The largest absolute Gasteiger partial charge is 0.483 e. The topological polar surface area (TPSA) is 9.23 Å². The van der Waals surface area contributed by atoms with E-state index in [1.165, 1.54) is 4.74 Å². The van der Waals surface area contributed by atoms with E-state index in [1.54, 1.807) is 0 Å². The molecule has 0 N–H and O–H groups in total. The quantitative estimate of drug-likeness (QED) is 0.679. The van der Waals surface area contributed by atoms with Gasteiger partial charge in [-0.1, -0.05) is 0 Å². The predicted octanol–water partition coefficient (Wildman–Crippen LogP) is 4.38. The summed E-state index contributed by atoms with van der Waals surface area (Å²) < 4.78 is 147. The third-order valence-corrected chi connectivity index (χ3v) is 1.87. The van der Waals surface area contributed by atoms with Crippen molar-refractivity contribution in [3.8, 4) is 0 Å². The Morgan fingerprint density at radius 2 is 1.05 bits per heavy atom. The minimum atomic E-state index is -6.99. The fourth-order valence-corrected chi connectivity index (χ4v) is 0.727. The van der Waals surface area contributed by atoms with Crippen LogP contribution < -0.4 is 0 Å². The van der Waals surface area contributed by atoms with Gasteiger partial charge in [-0.25, -0.2) is 9.13 Å². The summed E-state index contributed by atoms with van der Waals surface area (Å²) in [5.74, 6) is -13.2. The van der Waals surface area contributed by atoms with Crippen molar-refractivity contribution >= 4 is 0 Å². The van der Waals surface area contributed by atoms with Crippen molar-refractivity contribution in [2.24, 2.45) is 0 Å². The summed E-state index contributed by atoms with van der Waals surface area (Å²) in [6.45, 7) is -0.327. The first-order chi connectivity index (χ1) is 8.40. The zero-order chi connectivity index (χ0) is 16.8. The summed E-state index contributed by atoms with van der Waals surface area (Å²) >= 11 is 0. The molecule has 0 fully saturated rings. The van der Waals surface area contributed by atoms with Crippen LogP contribution in [0.2, 0.25) is 0 Å². The Morgan fingerprint density at radius 3 is 1.30 bits per heavy atom. The molecule has 0 aromatic carbocycles. The Kier molecular flexibility index (Phi) is 4.63. The van der Waals surface area contributed by atoms with E-state index >= 15 is 0 Å². The second-order valence-corrected chi connectivity index (χ2v) is 3.45. The third-order valence-electron chi connectivity index (χ3n) is 1.87. The van der Waals surface area contributed by atoms with Gasteiger partial charge in [0.2, 0.25) is 0 Å². The zero-order valence-corrected chi connectivity index (χ0v) is 9.02. The molecule has 0 aliphatic rings. The third kappa shape index (κ3) is 3.06. The van der Waals surface area contributed by atoms with Gasteiger partial charge in [0.05, 0.1) is 0 Å². The molecule has 0 spiro atoms. The van der Waals surface area contributed by atoms with E-state index in [9.17, 15) is 52.7 Å². The molecule has 0 aliphatic carbocycles. The Balaban J connectivity index is 5.55. The van der Waals surface area contributed by atoms with E-state index in [4.69, 9.17) is 0 Å². The summed E-state index contributed by atoms with van der Waals surface area (Å²) in [4.78, 5) is 0. The van der Waals surface area contributed by atoms with E-state index in [0.717, 1.165) is 0 Å². The van der Waals surface area contributed by atoms with E-state index < -0.39 is 36.4 Å². The first-order valence-corrected chi connectivity index (χ1v) is 4.32. The molecule has 0 saturated heterocycles. The minimum absolute atomic E-state index is 0.327. The molecule has 13 heteroatoms. The van der Waals surface area contributed by atoms with Crippen molar-refractivity contribution in [2.75, 3.05) is 0 Å². The van der Waals surface area contributed by atoms with Crippen LogP contribution in [0.25, 0.3) is 0 Å². The molecule has 122 valence electrons. The number of alkyl halides is 12. The highest BCUT2D eigenvalue weighted by Crippen LogP contribution is 2.52. The van der Waals surface area contributed by atoms with Crippen molar-refractivity contribution in [3.05, 3.63) is 0 Å². The van der Waals surface area contributed by atoms with Crippen LogP contribution in [0.15, 0.2) is 0 Å². The van der Waals surface area contributed by atoms with Crippen molar-refractivity contribution in [1.82, 2.24) is 0 Å². The highest BCUT2D eigenvalue weighted by molar-refractivity contribution is 4.96. The maximum Gasteiger partial charge on any atom is 0.483 e. The van der Waals surface area contributed by atoms with Gasteiger partial charge >= 0.3 is 30.2 Å². The SMILES string of the molecule is CC(F)C(F)(F)C(F)(F)C(F)(F)OC(F)(F)C(F)(F)F. The molecular weight excluding hydrogens is 328 g/mol. The Bertz CT molecular complexity index is 342. The molecule has 0 amide bonds. The van der Waals surface area contributed by atoms with Crippen LogP contribution in [0.3, 0.4) is 0 Å². The number of ether oxygens (including phenoxy) is 1. The molecule has 20 heavy (non-hydrogen) atoms. The van der Waals surface area contributed by atoms with E-state index in [2.05, 4.69) is 0 Å². The van der Waals surface area contributed by atoms with Gasteiger partial charge in [-0.05, 0) is 6.92 Å². The molecule has 0 aromatic rings. The number of hydrogen-bond donors (Lipinski definition) is 0. The molecule has 0 bridgehead atoms. The smallest absolute Gasteiger partial charge is 0.243 e. The van der Waals surface area contributed by atoms with Crippen LogP contribution in [0.1, 0.15) is 6.92 Å². The molecule has 0 rings (SSSR count). The first-order valence-electron chi connectivity index (χ1n) is 4.32. The van der Waals surface area contributed by atoms with Gasteiger partial charge in [0.25, 0.3) is 0 Å². The van der Waals surface area contributed by atoms with Crippen LogP contribution in [0, 0.1) is 0 Å². The van der Waals surface area contributed by atoms with Crippen molar-refractivity contribution < 1.29 is 57.4 Å². The van der Waals surface area contributed by atoms with Crippen molar-refractivity contribution in [1.29, 1.82) is 0 Å². The van der Waals surface area contributed by atoms with Gasteiger partial charge in [-0.15, -0.1) is 0 Å². The number of halogens is 12. The van der Waals surface area contributed by atoms with Gasteiger partial charge < -0.3 is 0 Å². The van der Waals surface area contributed by atoms with Gasteiger partial charge in [-0.2, -0.15) is 48.3 Å². The lowest BCUT2D eigenvalue weighted by atomic mass is 10.1. The fourth-order valence-electron chi connectivity index (χ4n) is 0.727. The Hall–Kier alpha value is -0.880. The summed E-state index contributed by atoms with van der Waals surface area (Å²) in [5, 5.41) is 0. The molecule has 1 nitrogen and oxygen atoms in total. The number of hydrogen-bond acceptors (Lipinski definition) is 1. The summed E-state index contributed by atoms with van der Waals surface area (Å²) in [6.07, 6.45) is -24.7. The second-order valence-electron chi connectivity index (χ2n) is 3.45. The van der Waals surface area contributed by atoms with Crippen LogP contribution in [0.5, 0.6) is 0 Å². The molecule has 0 saturated carbocycles. The van der Waals surface area contributed by atoms with E-state index in [0.29, 0.717) is 0 Å². The Labute approximate surface area is 102 Å². The van der Waals surface area contributed by atoms with E-state index in [-0.39, 0.29) is 6.92 Å². The minimum Gasteiger partial charge on any atom is -0.243 e.